The fourth-order valence-electron chi connectivity index (χ4n) is 2.78. The number of hydrogen-bond acceptors (Lipinski definition) is 2. The van der Waals surface area contributed by atoms with Crippen LogP contribution in [0.25, 0.3) is 0 Å². The third-order valence-corrected chi connectivity index (χ3v) is 4.70. The largest absolute Gasteiger partial charge is 0.388 e. The molecule has 0 radical (unpaired) electrons. The van der Waals surface area contributed by atoms with Crippen LogP contribution in [0.5, 0.6) is 0 Å². The number of carbonyl (C=O) groups excluding carboxylic acids is 1. The molecule has 0 aromatic rings. The zero-order valence-corrected chi connectivity index (χ0v) is 13.1. The molecule has 2 N–H and O–H groups in total. The van der Waals surface area contributed by atoms with Crippen LogP contribution >= 0.6 is 0 Å². The van der Waals surface area contributed by atoms with Gasteiger partial charge in [-0.05, 0) is 46.0 Å². The Bertz CT molecular complexity index is 295. The summed E-state index contributed by atoms with van der Waals surface area (Å²) in [4.78, 5) is 14.2. The maximum Gasteiger partial charge on any atom is 0.317 e. The number of likely N-dealkylation sites (tertiary alicyclic amines) is 1. The number of aliphatic hydroxyl groups is 1. The lowest BCUT2D eigenvalue weighted by Crippen LogP contribution is -2.55. The van der Waals surface area contributed by atoms with Crippen molar-refractivity contribution < 1.29 is 9.90 Å². The Hall–Kier alpha value is -0.770. The molecule has 2 amide bonds. The lowest BCUT2D eigenvalue weighted by Gasteiger charge is -2.40. The van der Waals surface area contributed by atoms with Crippen molar-refractivity contribution in [1.82, 2.24) is 10.2 Å². The number of amides is 2. The van der Waals surface area contributed by atoms with Crippen LogP contribution < -0.4 is 5.32 Å². The highest BCUT2D eigenvalue weighted by atomic mass is 16.3. The molecule has 0 saturated carbocycles. The van der Waals surface area contributed by atoms with Crippen LogP contribution in [0.3, 0.4) is 0 Å². The summed E-state index contributed by atoms with van der Waals surface area (Å²) >= 11 is 0. The van der Waals surface area contributed by atoms with E-state index in [0.29, 0.717) is 6.54 Å². The molecule has 4 nitrogen and oxygen atoms in total. The van der Waals surface area contributed by atoms with Crippen LogP contribution in [0, 0.1) is 5.92 Å². The highest BCUT2D eigenvalue weighted by Crippen LogP contribution is 2.23. The van der Waals surface area contributed by atoms with Crippen LogP contribution in [0.4, 0.5) is 4.79 Å². The zero-order chi connectivity index (χ0) is 14.6. The Labute approximate surface area is 117 Å². The van der Waals surface area contributed by atoms with E-state index in [-0.39, 0.29) is 24.0 Å². The van der Waals surface area contributed by atoms with Gasteiger partial charge >= 0.3 is 6.03 Å². The van der Waals surface area contributed by atoms with E-state index in [1.807, 2.05) is 11.8 Å². The van der Waals surface area contributed by atoms with E-state index in [2.05, 4.69) is 26.1 Å². The molecule has 0 aliphatic carbocycles. The van der Waals surface area contributed by atoms with Gasteiger partial charge in [0.15, 0.2) is 0 Å². The van der Waals surface area contributed by atoms with Crippen LogP contribution in [-0.4, -0.2) is 40.3 Å². The van der Waals surface area contributed by atoms with Gasteiger partial charge < -0.3 is 15.3 Å². The molecule has 0 aromatic heterocycles. The predicted molar refractivity (Wildman–Crippen MR) is 78.1 cm³/mol. The maximum absolute atomic E-state index is 12.3. The molecule has 1 heterocycles. The molecule has 1 fully saturated rings. The first-order valence-corrected chi connectivity index (χ1v) is 7.58. The van der Waals surface area contributed by atoms with Gasteiger partial charge in [0, 0.05) is 18.6 Å². The number of hydrogen-bond donors (Lipinski definition) is 2. The number of urea groups is 1. The van der Waals surface area contributed by atoms with Crippen molar-refractivity contribution in [1.29, 1.82) is 0 Å². The topological polar surface area (TPSA) is 52.6 Å². The van der Waals surface area contributed by atoms with E-state index >= 15 is 0 Å². The second-order valence-electron chi connectivity index (χ2n) is 6.36. The smallest absolute Gasteiger partial charge is 0.317 e. The van der Waals surface area contributed by atoms with Crippen molar-refractivity contribution in [2.24, 2.45) is 5.92 Å². The summed E-state index contributed by atoms with van der Waals surface area (Å²) in [5, 5.41) is 13.2. The lowest BCUT2D eigenvalue weighted by atomic mass is 9.88. The summed E-state index contributed by atoms with van der Waals surface area (Å²) in [6.07, 6.45) is 4.23. The van der Waals surface area contributed by atoms with E-state index in [4.69, 9.17) is 0 Å². The van der Waals surface area contributed by atoms with Gasteiger partial charge in [-0.2, -0.15) is 0 Å². The van der Waals surface area contributed by atoms with E-state index in [0.717, 1.165) is 19.3 Å². The maximum atomic E-state index is 12.3. The molecule has 0 spiro atoms. The average molecular weight is 270 g/mol. The molecule has 19 heavy (non-hydrogen) atoms. The minimum atomic E-state index is -0.841. The highest BCUT2D eigenvalue weighted by molar-refractivity contribution is 5.75. The summed E-state index contributed by atoms with van der Waals surface area (Å²) in [5.41, 5.74) is -0.841. The first-order chi connectivity index (χ1) is 8.79. The predicted octanol–water partition coefficient (Wildman–Crippen LogP) is 2.76. The van der Waals surface area contributed by atoms with E-state index in [1.165, 1.54) is 6.42 Å². The molecule has 4 unspecified atom stereocenters. The molecule has 4 atom stereocenters. The summed E-state index contributed by atoms with van der Waals surface area (Å²) in [6, 6.07) is 0.540. The Morgan fingerprint density at radius 3 is 2.42 bits per heavy atom. The molecule has 1 saturated heterocycles. The van der Waals surface area contributed by atoms with Crippen molar-refractivity contribution in [3.05, 3.63) is 0 Å². The second-order valence-corrected chi connectivity index (χ2v) is 6.36. The molecule has 1 aliphatic heterocycles. The first kappa shape index (κ1) is 16.3. The van der Waals surface area contributed by atoms with Crippen LogP contribution in [0.2, 0.25) is 0 Å². The number of nitrogens with one attached hydrogen (secondary N) is 1. The van der Waals surface area contributed by atoms with Crippen molar-refractivity contribution >= 4 is 6.03 Å². The first-order valence-electron chi connectivity index (χ1n) is 7.58. The number of nitrogens with zero attached hydrogens (tertiary/aromatic N) is 1. The highest BCUT2D eigenvalue weighted by Gasteiger charge is 2.32. The molecule has 0 bridgehead atoms. The molecular formula is C15H30N2O2. The minimum Gasteiger partial charge on any atom is -0.388 e. The molecule has 1 rings (SSSR count). The summed E-state index contributed by atoms with van der Waals surface area (Å²) < 4.78 is 0. The Morgan fingerprint density at radius 1 is 1.42 bits per heavy atom. The van der Waals surface area contributed by atoms with Crippen LogP contribution in [0.15, 0.2) is 0 Å². The summed E-state index contributed by atoms with van der Waals surface area (Å²) in [6.45, 7) is 10.4. The Morgan fingerprint density at radius 2 is 1.95 bits per heavy atom. The monoisotopic (exact) mass is 270 g/mol. The summed E-state index contributed by atoms with van der Waals surface area (Å²) in [7, 11) is 0. The van der Waals surface area contributed by atoms with Gasteiger partial charge in [0.05, 0.1) is 5.60 Å². The van der Waals surface area contributed by atoms with E-state index in [1.54, 1.807) is 6.92 Å². The third kappa shape index (κ3) is 4.10. The second kappa shape index (κ2) is 6.60. The van der Waals surface area contributed by atoms with Crippen LogP contribution in [-0.2, 0) is 0 Å². The quantitative estimate of drug-likeness (QED) is 0.825. The van der Waals surface area contributed by atoms with Gasteiger partial charge in [-0.1, -0.05) is 20.3 Å². The van der Waals surface area contributed by atoms with Crippen molar-refractivity contribution in [3.8, 4) is 0 Å². The molecule has 0 aromatic carbocycles. The van der Waals surface area contributed by atoms with Gasteiger partial charge in [0.2, 0.25) is 0 Å². The number of piperidine rings is 1. The van der Waals surface area contributed by atoms with E-state index in [9.17, 15) is 9.90 Å². The minimum absolute atomic E-state index is 0.0386. The lowest BCUT2D eigenvalue weighted by molar-refractivity contribution is 0.00551. The molecule has 1 aliphatic rings. The summed E-state index contributed by atoms with van der Waals surface area (Å²) in [5.74, 6) is 0.170. The SMILES string of the molecule is CCC(C)C(C)(O)CNC(=O)N1C(C)CCCC1C. The van der Waals surface area contributed by atoms with Crippen molar-refractivity contribution in [3.63, 3.8) is 0 Å². The van der Waals surface area contributed by atoms with Gasteiger partial charge in [0.25, 0.3) is 0 Å². The van der Waals surface area contributed by atoms with Crippen molar-refractivity contribution in [2.45, 2.75) is 78.0 Å². The van der Waals surface area contributed by atoms with E-state index < -0.39 is 5.60 Å². The number of rotatable bonds is 4. The molecular weight excluding hydrogens is 240 g/mol. The zero-order valence-electron chi connectivity index (χ0n) is 13.1. The van der Waals surface area contributed by atoms with Crippen molar-refractivity contribution in [2.75, 3.05) is 6.54 Å². The van der Waals surface area contributed by atoms with Gasteiger partial charge in [-0.3, -0.25) is 0 Å². The average Bonchev–Trinajstić information content (AvgIpc) is 2.35. The molecule has 4 heteroatoms. The van der Waals surface area contributed by atoms with Crippen LogP contribution in [0.1, 0.15) is 60.3 Å². The normalized spacial score (nSPS) is 28.6. The number of carbonyl (C=O) groups is 1. The van der Waals surface area contributed by atoms with Gasteiger partial charge in [0.1, 0.15) is 0 Å². The van der Waals surface area contributed by atoms with Gasteiger partial charge in [-0.25, -0.2) is 4.79 Å². The Kier molecular flexibility index (Phi) is 5.65. The standard InChI is InChI=1S/C15H30N2O2/c1-6-11(2)15(5,19)10-16-14(18)17-12(3)8-7-9-13(17)4/h11-13,19H,6-10H2,1-5H3,(H,16,18). The Balaban J connectivity index is 2.55. The van der Waals surface area contributed by atoms with Gasteiger partial charge in [-0.15, -0.1) is 0 Å². The molecule has 112 valence electrons. The third-order valence-electron chi connectivity index (χ3n) is 4.70. The fraction of sp³-hybridized carbons (Fsp3) is 0.933. The fourth-order valence-corrected chi connectivity index (χ4v) is 2.78.